The molecule has 2 aromatic heterocycles. The number of benzene rings is 2. The third kappa shape index (κ3) is 7.94. The second kappa shape index (κ2) is 14.5. The lowest BCUT2D eigenvalue weighted by Crippen LogP contribution is -2.49. The maximum Gasteiger partial charge on any atom is 0.408 e. The number of carbonyl (C=O) groups is 2. The number of hydrogen-bond donors (Lipinski definition) is 2. The number of piperidine rings is 1. The van der Waals surface area contributed by atoms with Crippen molar-refractivity contribution in [3.05, 3.63) is 65.4 Å². The number of anilines is 3. The number of imide groups is 1. The van der Waals surface area contributed by atoms with Gasteiger partial charge in [0.2, 0.25) is 21.9 Å². The minimum atomic E-state index is -4.54. The highest BCUT2D eigenvalue weighted by Gasteiger charge is 2.34. The van der Waals surface area contributed by atoms with Gasteiger partial charge in [0.25, 0.3) is 0 Å². The second-order valence-electron chi connectivity index (χ2n) is 13.0. The van der Waals surface area contributed by atoms with Crippen LogP contribution in [0.1, 0.15) is 24.8 Å². The van der Waals surface area contributed by atoms with Crippen LogP contribution in [-0.2, 0) is 27.9 Å². The summed E-state index contributed by atoms with van der Waals surface area (Å²) in [6.07, 6.45) is -0.310. The fourth-order valence-electron chi connectivity index (χ4n) is 6.78. The highest BCUT2D eigenvalue weighted by atomic mass is 35.5. The molecule has 5 heterocycles. The van der Waals surface area contributed by atoms with Crippen LogP contribution >= 0.6 is 11.6 Å². The van der Waals surface area contributed by atoms with Gasteiger partial charge in [0.05, 0.1) is 27.8 Å². The Balaban J connectivity index is 0.981. The molecule has 0 spiro atoms. The molecule has 0 saturated carbocycles. The molecule has 7 rings (SSSR count). The molecular weight excluding hydrogens is 725 g/mol. The Bertz CT molecular complexity index is 2070. The summed E-state index contributed by atoms with van der Waals surface area (Å²) in [7, 11) is -3.70. The molecule has 14 nitrogen and oxygen atoms in total. The molecule has 2 N–H and O–H groups in total. The van der Waals surface area contributed by atoms with Crippen molar-refractivity contribution < 1.29 is 31.2 Å². The van der Waals surface area contributed by atoms with Crippen molar-refractivity contribution in [3.63, 3.8) is 0 Å². The molecule has 3 saturated heterocycles. The van der Waals surface area contributed by atoms with Crippen molar-refractivity contribution in [2.75, 3.05) is 60.9 Å². The average Bonchev–Trinajstić information content (AvgIpc) is 3.45. The number of amides is 3. The lowest BCUT2D eigenvalue weighted by Gasteiger charge is -2.36. The predicted octanol–water partition coefficient (Wildman–Crippen LogP) is 4.08. The number of fused-ring (bicyclic) bond motifs is 1. The largest absolute Gasteiger partial charge is 0.408 e. The number of nitrogens with zero attached hydrogens (tertiary/aromatic N) is 8. The summed E-state index contributed by atoms with van der Waals surface area (Å²) < 4.78 is 70.2. The molecule has 276 valence electrons. The van der Waals surface area contributed by atoms with Crippen LogP contribution in [0.2, 0.25) is 5.02 Å². The summed E-state index contributed by atoms with van der Waals surface area (Å²) in [5, 5.41) is 10.4. The topological polar surface area (TPSA) is 149 Å². The number of nitrogens with one attached hydrogen (secondary N) is 2. The quantitative estimate of drug-likeness (QED) is 0.256. The molecule has 3 aliphatic heterocycles. The highest BCUT2D eigenvalue weighted by Crippen LogP contribution is 2.33. The molecule has 3 aliphatic rings. The van der Waals surface area contributed by atoms with Crippen LogP contribution in [0.4, 0.5) is 35.4 Å². The molecule has 4 aromatic rings. The molecule has 0 unspecified atom stereocenters. The number of alkyl halides is 3. The van der Waals surface area contributed by atoms with Crippen LogP contribution in [0.3, 0.4) is 0 Å². The van der Waals surface area contributed by atoms with Crippen LogP contribution in [0.5, 0.6) is 0 Å². The van der Waals surface area contributed by atoms with Gasteiger partial charge in [0, 0.05) is 75.9 Å². The number of sulfonamides is 1. The Labute approximate surface area is 302 Å². The highest BCUT2D eigenvalue weighted by molar-refractivity contribution is 7.89. The molecule has 3 fully saturated rings. The molecule has 0 radical (unpaired) electrons. The summed E-state index contributed by atoms with van der Waals surface area (Å²) in [5.74, 6) is 0.0647. The molecule has 0 atom stereocenters. The van der Waals surface area contributed by atoms with Gasteiger partial charge in [-0.25, -0.2) is 23.2 Å². The Morgan fingerprint density at radius 2 is 1.67 bits per heavy atom. The van der Waals surface area contributed by atoms with Crippen molar-refractivity contribution in [2.45, 2.75) is 49.5 Å². The van der Waals surface area contributed by atoms with E-state index in [0.717, 1.165) is 10.2 Å². The first kappa shape index (κ1) is 35.9. The van der Waals surface area contributed by atoms with E-state index in [1.165, 1.54) is 21.6 Å². The van der Waals surface area contributed by atoms with Crippen molar-refractivity contribution in [1.29, 1.82) is 0 Å². The number of rotatable bonds is 9. The Morgan fingerprint density at radius 1 is 0.942 bits per heavy atom. The van der Waals surface area contributed by atoms with E-state index in [9.17, 15) is 31.2 Å². The molecule has 2 aromatic carbocycles. The summed E-state index contributed by atoms with van der Waals surface area (Å²) in [5.41, 5.74) is 1.80. The third-order valence-electron chi connectivity index (χ3n) is 9.44. The standard InChI is InChI=1S/C33H36ClF3N10O4S/c34-23-18-38-31(39-19-23)40-24-6-9-45(10-7-24)52(50,51)26-3-1-2-22(16-26)20-43-12-14-44(15-13-43)25-4-5-27-28(17-25)47(21-33(35,36)37)42-30(27)46-11-8-29(48)41-32(46)49/h1-5,16-19,24H,6-15,20-21H2,(H,38,39,40)(H,41,48,49). The van der Waals surface area contributed by atoms with E-state index >= 15 is 0 Å². The molecule has 0 aliphatic carbocycles. The van der Waals surface area contributed by atoms with Crippen LogP contribution in [0, 0.1) is 0 Å². The summed E-state index contributed by atoms with van der Waals surface area (Å²) in [6, 6.07) is 11.4. The zero-order valence-electron chi connectivity index (χ0n) is 27.9. The Hall–Kier alpha value is -4.52. The monoisotopic (exact) mass is 760 g/mol. The van der Waals surface area contributed by atoms with Gasteiger partial charge in [-0.15, -0.1) is 0 Å². The number of halogens is 4. The first-order valence-electron chi connectivity index (χ1n) is 16.8. The number of carbonyl (C=O) groups excluding carboxylic acids is 2. The van der Waals surface area contributed by atoms with Crippen molar-refractivity contribution >= 4 is 61.9 Å². The summed E-state index contributed by atoms with van der Waals surface area (Å²) in [6.45, 7) is 2.39. The van der Waals surface area contributed by atoms with E-state index in [0.29, 0.717) is 80.7 Å². The maximum atomic E-state index is 13.6. The van der Waals surface area contributed by atoms with Crippen molar-refractivity contribution in [2.24, 2.45) is 0 Å². The fraction of sp³-hybridized carbons (Fsp3) is 0.424. The van der Waals surface area contributed by atoms with Gasteiger partial charge in [0.15, 0.2) is 5.82 Å². The zero-order valence-corrected chi connectivity index (χ0v) is 29.5. The van der Waals surface area contributed by atoms with Gasteiger partial charge in [-0.3, -0.25) is 24.6 Å². The lowest BCUT2D eigenvalue weighted by molar-refractivity contribution is -0.141. The fourth-order valence-corrected chi connectivity index (χ4v) is 8.42. The van der Waals surface area contributed by atoms with Crippen LogP contribution in [-0.4, -0.2) is 107 Å². The third-order valence-corrected chi connectivity index (χ3v) is 11.5. The second-order valence-corrected chi connectivity index (χ2v) is 15.4. The van der Waals surface area contributed by atoms with Crippen LogP contribution in [0.25, 0.3) is 10.9 Å². The lowest BCUT2D eigenvalue weighted by atomic mass is 10.1. The number of urea groups is 1. The van der Waals surface area contributed by atoms with E-state index in [-0.39, 0.29) is 35.2 Å². The van der Waals surface area contributed by atoms with Gasteiger partial charge in [-0.2, -0.15) is 22.6 Å². The van der Waals surface area contributed by atoms with Crippen LogP contribution < -0.4 is 20.4 Å². The zero-order chi connectivity index (χ0) is 36.6. The molecule has 0 bridgehead atoms. The smallest absolute Gasteiger partial charge is 0.369 e. The van der Waals surface area contributed by atoms with Gasteiger partial charge in [-0.1, -0.05) is 23.7 Å². The van der Waals surface area contributed by atoms with E-state index in [4.69, 9.17) is 11.6 Å². The summed E-state index contributed by atoms with van der Waals surface area (Å²) >= 11 is 5.86. The number of piperazine rings is 1. The Kier molecular flexibility index (Phi) is 9.99. The molecule has 19 heteroatoms. The number of hydrogen-bond acceptors (Lipinski definition) is 10. The molecular formula is C33H36ClF3N10O4S. The van der Waals surface area contributed by atoms with Gasteiger partial charge in [-0.05, 0) is 48.7 Å². The van der Waals surface area contributed by atoms with Crippen molar-refractivity contribution in [3.8, 4) is 0 Å². The minimum absolute atomic E-state index is 0.0137. The van der Waals surface area contributed by atoms with Crippen molar-refractivity contribution in [1.82, 2.24) is 34.3 Å². The minimum Gasteiger partial charge on any atom is -0.369 e. The normalized spacial score (nSPS) is 18.6. The molecule has 3 amide bonds. The summed E-state index contributed by atoms with van der Waals surface area (Å²) in [4.78, 5) is 38.2. The van der Waals surface area contributed by atoms with Gasteiger partial charge in [0.1, 0.15) is 6.54 Å². The van der Waals surface area contributed by atoms with Crippen LogP contribution in [0.15, 0.2) is 59.8 Å². The first-order chi connectivity index (χ1) is 24.8. The van der Waals surface area contributed by atoms with E-state index in [1.54, 1.807) is 36.4 Å². The number of aromatic nitrogens is 4. The molecule has 52 heavy (non-hydrogen) atoms. The van der Waals surface area contributed by atoms with E-state index < -0.39 is 34.7 Å². The SMILES string of the molecule is O=C1CCN(c2nn(CC(F)(F)F)c3cc(N4CCN(Cc5cccc(S(=O)(=O)N6CCC(Nc7ncc(Cl)cn7)CC6)c5)CC4)ccc23)C(=O)N1. The average molecular weight is 761 g/mol. The predicted molar refractivity (Wildman–Crippen MR) is 188 cm³/mol. The maximum absolute atomic E-state index is 13.6. The van der Waals surface area contributed by atoms with Gasteiger partial charge < -0.3 is 10.2 Å². The van der Waals surface area contributed by atoms with Gasteiger partial charge >= 0.3 is 12.2 Å². The van der Waals surface area contributed by atoms with E-state index in [2.05, 4.69) is 35.5 Å². The first-order valence-corrected chi connectivity index (χ1v) is 18.6. The van der Waals surface area contributed by atoms with E-state index in [1.807, 2.05) is 6.07 Å². The Morgan fingerprint density at radius 3 is 2.37 bits per heavy atom.